The molecule has 0 aliphatic rings. The van der Waals surface area contributed by atoms with E-state index in [1.807, 2.05) is 0 Å². The standard InChI is InChI=1S/C20H26I.C4F9O6S3/c1-19(2,3)15-7-11-17(12-8-15)21-18-13-9-16(10-14-18)20(4,5)6;5-2(6,7)20(14,15)1(21(16,17)3(8,9)10)22(18,19)4(11,12)13/h7-14H,1-6H3;/q+1;-1. The van der Waals surface area contributed by atoms with E-state index in [1.54, 1.807) is 0 Å². The van der Waals surface area contributed by atoms with Crippen LogP contribution in [0.25, 0.3) is 0 Å². The number of sulfone groups is 3. The molecule has 19 heteroatoms. The molecule has 0 aromatic heterocycles. The van der Waals surface area contributed by atoms with E-state index in [4.69, 9.17) is 0 Å². The van der Waals surface area contributed by atoms with Crippen molar-refractivity contribution in [3.8, 4) is 0 Å². The largest absolute Gasteiger partial charge is 0.470 e. The van der Waals surface area contributed by atoms with E-state index in [9.17, 15) is 64.8 Å². The van der Waals surface area contributed by atoms with Gasteiger partial charge in [0.2, 0.25) is 0 Å². The van der Waals surface area contributed by atoms with Crippen molar-refractivity contribution >= 4 is 29.5 Å². The van der Waals surface area contributed by atoms with Gasteiger partial charge in [-0.2, -0.15) is 39.5 Å². The van der Waals surface area contributed by atoms with Crippen molar-refractivity contribution < 1.29 is 86.0 Å². The highest BCUT2D eigenvalue weighted by atomic mass is 127. The fraction of sp³-hybridized carbons (Fsp3) is 0.458. The van der Waals surface area contributed by atoms with Gasteiger partial charge in [-0.05, 0) is 46.2 Å². The molecule has 2 aromatic carbocycles. The summed E-state index contributed by atoms with van der Waals surface area (Å²) >= 11 is -0.0703. The smallest absolute Gasteiger partial charge is 0.251 e. The van der Waals surface area contributed by atoms with E-state index < -0.39 is 50.0 Å². The highest BCUT2D eigenvalue weighted by Gasteiger charge is 2.63. The van der Waals surface area contributed by atoms with E-state index in [0.29, 0.717) is 0 Å². The van der Waals surface area contributed by atoms with Crippen LogP contribution in [0.15, 0.2) is 48.5 Å². The Balaban J connectivity index is 0.000000430. The fourth-order valence-corrected chi connectivity index (χ4v) is 10.8. The van der Waals surface area contributed by atoms with Crippen LogP contribution >= 0.6 is 0 Å². The summed E-state index contributed by atoms with van der Waals surface area (Å²) in [6.45, 7) is 13.6. The molecule has 0 saturated heterocycles. The number of benzene rings is 2. The number of hydrogen-bond acceptors (Lipinski definition) is 6. The molecular weight excluding hydrogens is 778 g/mol. The Bertz CT molecular complexity index is 1420. The van der Waals surface area contributed by atoms with E-state index in [-0.39, 0.29) is 32.0 Å². The van der Waals surface area contributed by atoms with Crippen molar-refractivity contribution in [3.63, 3.8) is 0 Å². The quantitative estimate of drug-likeness (QED) is 0.260. The summed E-state index contributed by atoms with van der Waals surface area (Å²) in [4.78, 5) is 0. The molecule has 0 radical (unpaired) electrons. The summed E-state index contributed by atoms with van der Waals surface area (Å²) < 4.78 is 170. The number of hydrogen-bond donors (Lipinski definition) is 0. The normalized spacial score (nSPS) is 14.3. The summed E-state index contributed by atoms with van der Waals surface area (Å²) in [5, 5.41) is 0. The Morgan fingerprint density at radius 2 is 0.674 bits per heavy atom. The Morgan fingerprint density at radius 3 is 0.837 bits per heavy atom. The molecule has 0 atom stereocenters. The van der Waals surface area contributed by atoms with Crippen LogP contribution in [0.3, 0.4) is 0 Å². The van der Waals surface area contributed by atoms with Crippen molar-refractivity contribution in [1.82, 2.24) is 0 Å². The maximum absolute atomic E-state index is 12.0. The van der Waals surface area contributed by atoms with Gasteiger partial charge in [-0.3, -0.25) is 25.3 Å². The van der Waals surface area contributed by atoms with Crippen LogP contribution in [0.1, 0.15) is 52.7 Å². The molecule has 0 unspecified atom stereocenters. The molecule has 0 saturated carbocycles. The summed E-state index contributed by atoms with van der Waals surface area (Å²) in [5.74, 6) is 0. The molecular formula is C24H26F9IO6S3. The van der Waals surface area contributed by atoms with Gasteiger partial charge in [0.05, 0.1) is 3.91 Å². The number of rotatable bonds is 5. The molecule has 0 heterocycles. The lowest BCUT2D eigenvalue weighted by Gasteiger charge is -2.31. The van der Waals surface area contributed by atoms with Crippen molar-refractivity contribution in [2.75, 3.05) is 0 Å². The SMILES string of the molecule is CC(C)(C)c1ccc([I+]c2ccc(C(C)(C)C)cc2)cc1.O=S(=O)([C-](S(=O)(=O)C(F)(F)F)S(=O)(=O)C(F)(F)F)C(F)(F)F. The van der Waals surface area contributed by atoms with Gasteiger partial charge in [0.1, 0.15) is 0 Å². The Labute approximate surface area is 254 Å². The third-order valence-electron chi connectivity index (χ3n) is 5.21. The van der Waals surface area contributed by atoms with Gasteiger partial charge >= 0.3 is 37.7 Å². The van der Waals surface area contributed by atoms with Gasteiger partial charge in [0, 0.05) is 0 Å². The van der Waals surface area contributed by atoms with Gasteiger partial charge in [-0.15, -0.1) is 0 Å². The molecule has 246 valence electrons. The zero-order chi connectivity index (χ0) is 34.3. The minimum Gasteiger partial charge on any atom is -0.251 e. The first-order valence-electron chi connectivity index (χ1n) is 11.4. The zero-order valence-corrected chi connectivity index (χ0v) is 27.7. The molecule has 2 aromatic rings. The lowest BCUT2D eigenvalue weighted by Crippen LogP contribution is -3.61. The molecule has 43 heavy (non-hydrogen) atoms. The predicted molar refractivity (Wildman–Crippen MR) is 136 cm³/mol. The average molecular weight is 805 g/mol. The van der Waals surface area contributed by atoms with Gasteiger partial charge < -0.3 is 0 Å². The van der Waals surface area contributed by atoms with Crippen molar-refractivity contribution in [1.29, 1.82) is 0 Å². The van der Waals surface area contributed by atoms with E-state index in [0.717, 1.165) is 0 Å². The van der Waals surface area contributed by atoms with Crippen molar-refractivity contribution in [3.05, 3.63) is 70.7 Å². The summed E-state index contributed by atoms with van der Waals surface area (Å²) in [6.07, 6.45) is 0. The molecule has 0 N–H and O–H groups in total. The number of halogens is 10. The van der Waals surface area contributed by atoms with Crippen LogP contribution in [0.5, 0.6) is 0 Å². The Morgan fingerprint density at radius 1 is 0.465 bits per heavy atom. The molecule has 6 nitrogen and oxygen atoms in total. The molecule has 0 aliphatic heterocycles. The van der Waals surface area contributed by atoms with Crippen LogP contribution in [-0.2, 0) is 40.3 Å². The van der Waals surface area contributed by atoms with Crippen LogP contribution in [0.4, 0.5) is 39.5 Å². The van der Waals surface area contributed by atoms with Crippen molar-refractivity contribution in [2.24, 2.45) is 0 Å². The maximum atomic E-state index is 12.0. The fourth-order valence-electron chi connectivity index (χ4n) is 2.87. The second kappa shape index (κ2) is 12.6. The maximum Gasteiger partial charge on any atom is 0.470 e. The monoisotopic (exact) mass is 804 g/mol. The summed E-state index contributed by atoms with van der Waals surface area (Å²) in [5.41, 5.74) is -17.9. The van der Waals surface area contributed by atoms with Crippen LogP contribution in [0, 0.1) is 11.1 Å². The highest BCUT2D eigenvalue weighted by Crippen LogP contribution is 2.47. The first-order chi connectivity index (χ1) is 18.8. The lowest BCUT2D eigenvalue weighted by molar-refractivity contribution is -0.597. The van der Waals surface area contributed by atoms with Crippen LogP contribution in [0.2, 0.25) is 0 Å². The van der Waals surface area contributed by atoms with Gasteiger partial charge in [0.25, 0.3) is 0 Å². The lowest BCUT2D eigenvalue weighted by atomic mass is 9.87. The zero-order valence-electron chi connectivity index (χ0n) is 23.1. The van der Waals surface area contributed by atoms with Gasteiger partial charge in [-0.25, -0.2) is 0 Å². The van der Waals surface area contributed by atoms with Crippen LogP contribution < -0.4 is 21.2 Å². The highest BCUT2D eigenvalue weighted by molar-refractivity contribution is 8.29. The Hall–Kier alpha value is -1.61. The summed E-state index contributed by atoms with van der Waals surface area (Å²) in [6, 6.07) is 18.4. The van der Waals surface area contributed by atoms with E-state index in [1.165, 1.54) is 18.3 Å². The molecule has 0 spiro atoms. The minimum absolute atomic E-state index is 0.0703. The second-order valence-corrected chi connectivity index (χ2v) is 20.1. The van der Waals surface area contributed by atoms with Crippen molar-refractivity contribution in [2.45, 2.75) is 68.9 Å². The third-order valence-corrected chi connectivity index (χ3v) is 15.0. The predicted octanol–water partition coefficient (Wildman–Crippen LogP) is 3.65. The van der Waals surface area contributed by atoms with Crippen LogP contribution in [-0.4, -0.2) is 41.8 Å². The molecule has 2 rings (SSSR count). The van der Waals surface area contributed by atoms with E-state index in [2.05, 4.69) is 90.1 Å². The minimum atomic E-state index is -8.02. The third kappa shape index (κ3) is 9.44. The first-order valence-corrected chi connectivity index (χ1v) is 18.1. The second-order valence-electron chi connectivity index (χ2n) is 10.7. The topological polar surface area (TPSA) is 102 Å². The van der Waals surface area contributed by atoms with Gasteiger partial charge in [0.15, 0.2) is 36.7 Å². The summed E-state index contributed by atoms with van der Waals surface area (Å²) in [7, 11) is -24.1. The molecule has 0 aliphatic carbocycles. The molecule has 0 fully saturated rings. The Kier molecular flexibility index (Phi) is 11.6. The first kappa shape index (κ1) is 39.4. The van der Waals surface area contributed by atoms with E-state index >= 15 is 0 Å². The molecule has 0 amide bonds. The molecule has 0 bridgehead atoms. The average Bonchev–Trinajstić information content (AvgIpc) is 2.76. The number of alkyl halides is 9. The van der Waals surface area contributed by atoms with Gasteiger partial charge in [-0.1, -0.05) is 65.8 Å².